The number of Topliss-reactive ketones (excluding diaryl/α,β-unsaturated/α-hetero) is 1. The first-order chi connectivity index (χ1) is 14.0. The Hall–Kier alpha value is -1.28. The molecule has 1 aromatic rings. The number of carbonyl (C=O) groups excluding carboxylic acids is 2. The second-order valence-electron chi connectivity index (χ2n) is 7.11. The third-order valence-corrected chi connectivity index (χ3v) is 7.41. The summed E-state index contributed by atoms with van der Waals surface area (Å²) < 4.78 is 4.61. The van der Waals surface area contributed by atoms with Gasteiger partial charge in [0.1, 0.15) is 5.78 Å². The zero-order chi connectivity index (χ0) is 21.1. The lowest BCUT2D eigenvalue weighted by Gasteiger charge is -2.19. The maximum atomic E-state index is 12.4. The molecule has 5 nitrogen and oxygen atoms in total. The fraction of sp³-hybridized carbons (Fsp3) is 0.545. The highest BCUT2D eigenvalue weighted by molar-refractivity contribution is 8.01. The molecule has 0 spiro atoms. The normalized spacial score (nSPS) is 22.9. The third kappa shape index (κ3) is 8.16. The summed E-state index contributed by atoms with van der Waals surface area (Å²) >= 11 is 3.15. The Morgan fingerprint density at radius 2 is 2.07 bits per heavy atom. The van der Waals surface area contributed by atoms with E-state index in [0.29, 0.717) is 18.6 Å². The second-order valence-corrected chi connectivity index (χ2v) is 9.46. The van der Waals surface area contributed by atoms with Crippen molar-refractivity contribution in [2.75, 3.05) is 31.0 Å². The summed E-state index contributed by atoms with van der Waals surface area (Å²) in [7, 11) is 1.38. The third-order valence-electron chi connectivity index (χ3n) is 4.93. The minimum Gasteiger partial charge on any atom is -0.468 e. The van der Waals surface area contributed by atoms with Crippen molar-refractivity contribution in [1.29, 1.82) is 0 Å². The Morgan fingerprint density at radius 3 is 2.76 bits per heavy atom. The van der Waals surface area contributed by atoms with E-state index in [1.54, 1.807) is 17.8 Å². The number of ketones is 1. The van der Waals surface area contributed by atoms with Crippen molar-refractivity contribution < 1.29 is 24.5 Å². The van der Waals surface area contributed by atoms with Crippen LogP contribution in [0.15, 0.2) is 42.5 Å². The van der Waals surface area contributed by atoms with E-state index in [1.165, 1.54) is 18.9 Å². The van der Waals surface area contributed by atoms with E-state index in [9.17, 15) is 19.8 Å². The average Bonchev–Trinajstić information content (AvgIpc) is 3.04. The number of methoxy groups -OCH3 is 1. The van der Waals surface area contributed by atoms with E-state index in [0.717, 1.165) is 23.5 Å². The molecule has 0 radical (unpaired) electrons. The van der Waals surface area contributed by atoms with E-state index < -0.39 is 6.10 Å². The van der Waals surface area contributed by atoms with Crippen LogP contribution in [0.5, 0.6) is 0 Å². The molecular weight excluding hydrogens is 408 g/mol. The lowest BCUT2D eigenvalue weighted by Crippen LogP contribution is -2.21. The highest BCUT2D eigenvalue weighted by atomic mass is 32.2. The van der Waals surface area contributed by atoms with Gasteiger partial charge in [-0.2, -0.15) is 11.8 Å². The molecule has 0 aromatic heterocycles. The first kappa shape index (κ1) is 24.0. The molecule has 2 N–H and O–H groups in total. The highest BCUT2D eigenvalue weighted by Gasteiger charge is 2.40. The summed E-state index contributed by atoms with van der Waals surface area (Å²) in [6.07, 6.45) is 4.87. The summed E-state index contributed by atoms with van der Waals surface area (Å²) in [5.74, 6) is 1.80. The number of hydrogen-bond donors (Lipinski definition) is 2. The lowest BCUT2D eigenvalue weighted by atomic mass is 9.95. The zero-order valence-corrected chi connectivity index (χ0v) is 18.4. The lowest BCUT2D eigenvalue weighted by molar-refractivity contribution is -0.137. The number of benzene rings is 1. The van der Waals surface area contributed by atoms with Crippen molar-refractivity contribution in [2.45, 2.75) is 30.6 Å². The SMILES string of the molecule is COC(=O)CSCCCSC1C(=O)C[C@@H](CO)[C@@H]1C=CC(O)Cc1ccccc1. The number of rotatable bonds is 12. The van der Waals surface area contributed by atoms with Gasteiger partial charge in [0, 0.05) is 25.4 Å². The molecule has 1 saturated carbocycles. The average molecular weight is 439 g/mol. The summed E-state index contributed by atoms with van der Waals surface area (Å²) in [5, 5.41) is 19.8. The second kappa shape index (κ2) is 13.1. The molecule has 4 atom stereocenters. The largest absolute Gasteiger partial charge is 0.468 e. The van der Waals surface area contributed by atoms with Gasteiger partial charge in [0.15, 0.2) is 0 Å². The molecule has 2 unspecified atom stereocenters. The minimum absolute atomic E-state index is 0.0262. The standard InChI is InChI=1S/C22H30O5S2/c1-27-21(26)15-28-10-5-11-29-22-19(17(14-23)13-20(22)25)9-8-18(24)12-16-6-3-2-4-7-16/h2-4,6-9,17-19,22-24H,5,10-15H2,1H3/t17-,18?,19-,22?/m0/s1. The Balaban J connectivity index is 1.84. The summed E-state index contributed by atoms with van der Waals surface area (Å²) in [6.45, 7) is -0.0262. The number of esters is 1. The monoisotopic (exact) mass is 438 g/mol. The van der Waals surface area contributed by atoms with Crippen LogP contribution in [0, 0.1) is 11.8 Å². The van der Waals surface area contributed by atoms with Crippen molar-refractivity contribution in [2.24, 2.45) is 11.8 Å². The number of aliphatic hydroxyl groups is 2. The molecule has 2 rings (SSSR count). The fourth-order valence-electron chi connectivity index (χ4n) is 3.39. The molecule has 1 aliphatic carbocycles. The molecular formula is C22H30O5S2. The molecule has 160 valence electrons. The minimum atomic E-state index is -0.618. The van der Waals surface area contributed by atoms with Gasteiger partial charge in [0.05, 0.1) is 24.2 Å². The number of aliphatic hydroxyl groups excluding tert-OH is 2. The van der Waals surface area contributed by atoms with Gasteiger partial charge in [0.2, 0.25) is 0 Å². The van der Waals surface area contributed by atoms with Gasteiger partial charge in [-0.05, 0) is 29.4 Å². The van der Waals surface area contributed by atoms with Crippen molar-refractivity contribution in [3.8, 4) is 0 Å². The zero-order valence-electron chi connectivity index (χ0n) is 16.7. The Morgan fingerprint density at radius 1 is 1.31 bits per heavy atom. The van der Waals surface area contributed by atoms with Crippen LogP contribution >= 0.6 is 23.5 Å². The number of carbonyl (C=O) groups is 2. The van der Waals surface area contributed by atoms with Crippen LogP contribution in [0.4, 0.5) is 0 Å². The van der Waals surface area contributed by atoms with Crippen molar-refractivity contribution in [1.82, 2.24) is 0 Å². The molecule has 0 aliphatic heterocycles. The first-order valence-corrected chi connectivity index (χ1v) is 12.1. The van der Waals surface area contributed by atoms with Crippen LogP contribution < -0.4 is 0 Å². The van der Waals surface area contributed by atoms with Crippen molar-refractivity contribution in [3.05, 3.63) is 48.0 Å². The predicted octanol–water partition coefficient (Wildman–Crippen LogP) is 2.74. The Kier molecular flexibility index (Phi) is 10.8. The molecule has 0 saturated heterocycles. The van der Waals surface area contributed by atoms with Crippen LogP contribution in [0.3, 0.4) is 0 Å². The van der Waals surface area contributed by atoms with Gasteiger partial charge in [0.25, 0.3) is 0 Å². The van der Waals surface area contributed by atoms with Gasteiger partial charge in [-0.3, -0.25) is 9.59 Å². The number of thioether (sulfide) groups is 2. The molecule has 1 fully saturated rings. The first-order valence-electron chi connectivity index (χ1n) is 9.85. The van der Waals surface area contributed by atoms with Crippen LogP contribution in [0.2, 0.25) is 0 Å². The van der Waals surface area contributed by atoms with Crippen LogP contribution in [-0.4, -0.2) is 64.3 Å². The van der Waals surface area contributed by atoms with E-state index in [4.69, 9.17) is 0 Å². The van der Waals surface area contributed by atoms with Crippen molar-refractivity contribution >= 4 is 35.3 Å². The number of ether oxygens (including phenoxy) is 1. The van der Waals surface area contributed by atoms with Gasteiger partial charge in [-0.1, -0.05) is 42.5 Å². The maximum Gasteiger partial charge on any atom is 0.315 e. The fourth-order valence-corrected chi connectivity index (χ4v) is 5.73. The quantitative estimate of drug-likeness (QED) is 0.295. The smallest absolute Gasteiger partial charge is 0.315 e. The maximum absolute atomic E-state index is 12.4. The number of allylic oxidation sites excluding steroid dienone is 1. The molecule has 0 amide bonds. The summed E-state index contributed by atoms with van der Waals surface area (Å²) in [4.78, 5) is 23.5. The van der Waals surface area contributed by atoms with E-state index in [2.05, 4.69) is 4.74 Å². The van der Waals surface area contributed by atoms with Crippen molar-refractivity contribution in [3.63, 3.8) is 0 Å². The topological polar surface area (TPSA) is 83.8 Å². The summed E-state index contributed by atoms with van der Waals surface area (Å²) in [5.41, 5.74) is 1.06. The van der Waals surface area contributed by atoms with Crippen LogP contribution in [0.25, 0.3) is 0 Å². The number of hydrogen-bond acceptors (Lipinski definition) is 7. The van der Waals surface area contributed by atoms with E-state index >= 15 is 0 Å². The van der Waals surface area contributed by atoms with E-state index in [-0.39, 0.29) is 35.4 Å². The highest BCUT2D eigenvalue weighted by Crippen LogP contribution is 2.38. The molecule has 0 bridgehead atoms. The molecule has 29 heavy (non-hydrogen) atoms. The van der Waals surface area contributed by atoms with Gasteiger partial charge in [-0.15, -0.1) is 11.8 Å². The molecule has 1 aliphatic rings. The van der Waals surface area contributed by atoms with Gasteiger partial charge in [-0.25, -0.2) is 0 Å². The molecule has 1 aromatic carbocycles. The van der Waals surface area contributed by atoms with Gasteiger partial charge >= 0.3 is 5.97 Å². The summed E-state index contributed by atoms with van der Waals surface area (Å²) in [6, 6.07) is 9.78. The molecule has 7 heteroatoms. The van der Waals surface area contributed by atoms with E-state index in [1.807, 2.05) is 36.4 Å². The van der Waals surface area contributed by atoms with Crippen LogP contribution in [0.1, 0.15) is 18.4 Å². The van der Waals surface area contributed by atoms with Gasteiger partial charge < -0.3 is 14.9 Å². The predicted molar refractivity (Wildman–Crippen MR) is 119 cm³/mol. The Labute approximate surface area is 181 Å². The molecule has 0 heterocycles. The Bertz CT molecular complexity index is 664. The van der Waals surface area contributed by atoms with Crippen LogP contribution in [-0.2, 0) is 20.7 Å².